The molecule has 1 unspecified atom stereocenters. The van der Waals surface area contributed by atoms with Crippen LogP contribution in [0.3, 0.4) is 0 Å². The molecule has 43 heavy (non-hydrogen) atoms. The molecule has 1 aliphatic heterocycles. The first-order valence-corrected chi connectivity index (χ1v) is 15.0. The molecule has 2 aliphatic carbocycles. The number of halogens is 6. The Bertz CT molecular complexity index is 1520. The van der Waals surface area contributed by atoms with Gasteiger partial charge < -0.3 is 20.1 Å². The van der Waals surface area contributed by atoms with Gasteiger partial charge in [-0.25, -0.2) is 8.42 Å². The summed E-state index contributed by atoms with van der Waals surface area (Å²) in [5, 5.41) is 12.0. The fraction of sp³-hybridized carbons (Fsp3) is 0.500. The number of nitrogens with zero attached hydrogens (tertiary/aromatic N) is 1. The summed E-state index contributed by atoms with van der Waals surface area (Å²) in [5.74, 6) is -1.19. The molecule has 8 nitrogen and oxygen atoms in total. The molecule has 234 valence electrons. The van der Waals surface area contributed by atoms with Crippen LogP contribution in [-0.2, 0) is 36.3 Å². The van der Waals surface area contributed by atoms with Crippen LogP contribution in [0, 0.1) is 5.92 Å². The second-order valence-corrected chi connectivity index (χ2v) is 13.4. The largest absolute Gasteiger partial charge is 0.430 e. The van der Waals surface area contributed by atoms with E-state index in [1.54, 1.807) is 0 Å². The van der Waals surface area contributed by atoms with Gasteiger partial charge in [0.1, 0.15) is 6.04 Å². The van der Waals surface area contributed by atoms with E-state index in [0.717, 1.165) is 25.0 Å². The second-order valence-electron chi connectivity index (χ2n) is 11.3. The lowest BCUT2D eigenvalue weighted by molar-refractivity contribution is -0.376. The smallest absolute Gasteiger partial charge is 0.378 e. The highest BCUT2D eigenvalue weighted by Gasteiger charge is 2.71. The fourth-order valence-corrected chi connectivity index (χ4v) is 7.03. The van der Waals surface area contributed by atoms with Crippen LogP contribution < -0.4 is 5.32 Å². The Labute approximate surface area is 242 Å². The first kappa shape index (κ1) is 31.3. The summed E-state index contributed by atoms with van der Waals surface area (Å²) in [5.41, 5.74) is -6.74. The summed E-state index contributed by atoms with van der Waals surface area (Å²) >= 11 is 0. The molecular formula is C28H28F6N2O6S. The number of ether oxygens (including phenoxy) is 1. The lowest BCUT2D eigenvalue weighted by Gasteiger charge is -2.32. The van der Waals surface area contributed by atoms with Gasteiger partial charge in [0.25, 0.3) is 11.5 Å². The van der Waals surface area contributed by atoms with Gasteiger partial charge in [0.2, 0.25) is 5.91 Å². The molecule has 1 atom stereocenters. The van der Waals surface area contributed by atoms with Crippen molar-refractivity contribution in [3.63, 3.8) is 0 Å². The van der Waals surface area contributed by atoms with E-state index in [2.05, 4.69) is 5.32 Å². The van der Waals surface area contributed by atoms with Crippen LogP contribution >= 0.6 is 0 Å². The predicted octanol–water partition coefficient (Wildman–Crippen LogP) is 4.77. The van der Waals surface area contributed by atoms with Crippen LogP contribution in [0.2, 0.25) is 0 Å². The molecule has 2 amide bonds. The Morgan fingerprint density at radius 2 is 1.63 bits per heavy atom. The molecule has 5 rings (SSSR count). The molecule has 2 aromatic carbocycles. The summed E-state index contributed by atoms with van der Waals surface area (Å²) in [6.45, 7) is -0.0953. The number of anilines is 1. The van der Waals surface area contributed by atoms with Gasteiger partial charge in [-0.1, -0.05) is 18.2 Å². The normalized spacial score (nSPS) is 20.1. The molecule has 0 spiro atoms. The summed E-state index contributed by atoms with van der Waals surface area (Å²) in [6, 6.07) is 5.29. The maximum atomic E-state index is 13.5. The molecule has 3 aliphatic rings. The van der Waals surface area contributed by atoms with Crippen LogP contribution in [0.15, 0.2) is 47.4 Å². The Morgan fingerprint density at radius 1 is 1.02 bits per heavy atom. The Kier molecular flexibility index (Phi) is 7.62. The molecule has 15 heteroatoms. The van der Waals surface area contributed by atoms with Crippen molar-refractivity contribution in [2.24, 2.45) is 5.92 Å². The number of carbonyl (C=O) groups excluding carboxylic acids is 2. The highest BCUT2D eigenvalue weighted by molar-refractivity contribution is 7.91. The van der Waals surface area contributed by atoms with E-state index in [0.29, 0.717) is 36.1 Å². The number of nitrogens with one attached hydrogen (secondary N) is 1. The molecule has 0 saturated heterocycles. The molecule has 2 aromatic rings. The Morgan fingerprint density at radius 3 is 2.14 bits per heavy atom. The van der Waals surface area contributed by atoms with E-state index in [4.69, 9.17) is 4.74 Å². The maximum absolute atomic E-state index is 13.5. The van der Waals surface area contributed by atoms with Crippen molar-refractivity contribution >= 4 is 27.3 Å². The van der Waals surface area contributed by atoms with Crippen LogP contribution in [0.4, 0.5) is 32.0 Å². The minimum absolute atomic E-state index is 0.0114. The number of aliphatic hydroxyl groups is 1. The van der Waals surface area contributed by atoms with Gasteiger partial charge in [-0.05, 0) is 67.0 Å². The quantitative estimate of drug-likeness (QED) is 0.385. The number of benzene rings is 2. The van der Waals surface area contributed by atoms with Crippen LogP contribution in [0.25, 0.3) is 0 Å². The number of alkyl halides is 6. The molecule has 2 saturated carbocycles. The van der Waals surface area contributed by atoms with Crippen molar-refractivity contribution in [3.05, 3.63) is 59.2 Å². The molecule has 1 heterocycles. The minimum atomic E-state index is -6.07. The Hall–Kier alpha value is -3.17. The van der Waals surface area contributed by atoms with Gasteiger partial charge in [0.05, 0.1) is 22.7 Å². The number of sulfone groups is 1. The zero-order valence-electron chi connectivity index (χ0n) is 22.8. The first-order valence-electron chi connectivity index (χ1n) is 13.4. The number of methoxy groups -OCH3 is 1. The van der Waals surface area contributed by atoms with Crippen molar-refractivity contribution in [1.29, 1.82) is 0 Å². The van der Waals surface area contributed by atoms with Gasteiger partial charge >= 0.3 is 12.4 Å². The molecule has 0 aromatic heterocycles. The van der Waals surface area contributed by atoms with Crippen molar-refractivity contribution in [2.75, 3.05) is 18.2 Å². The molecule has 0 radical (unpaired) electrons. The van der Waals surface area contributed by atoms with E-state index < -0.39 is 56.8 Å². The average molecular weight is 635 g/mol. The summed E-state index contributed by atoms with van der Waals surface area (Å²) in [4.78, 5) is 28.2. The number of hydrogen-bond acceptors (Lipinski definition) is 6. The predicted molar refractivity (Wildman–Crippen MR) is 139 cm³/mol. The lowest BCUT2D eigenvalue weighted by Crippen LogP contribution is -2.53. The van der Waals surface area contributed by atoms with Gasteiger partial charge in [0, 0.05) is 24.9 Å². The SMILES string of the molecule is COC1(CC(=O)N2Cc3cc(S(=O)(=O)CC4CC4)ccc3C2C(=O)Nc2ccc(C(O)(C(F)(F)F)C(F)(F)F)cc2)CC1. The van der Waals surface area contributed by atoms with Crippen molar-refractivity contribution < 1.29 is 54.2 Å². The van der Waals surface area contributed by atoms with Crippen molar-refractivity contribution in [3.8, 4) is 0 Å². The third-order valence-corrected chi connectivity index (χ3v) is 10.1. The van der Waals surface area contributed by atoms with Crippen LogP contribution in [0.1, 0.15) is 54.8 Å². The third kappa shape index (κ3) is 5.86. The van der Waals surface area contributed by atoms with E-state index in [1.165, 1.54) is 30.2 Å². The van der Waals surface area contributed by atoms with Gasteiger partial charge in [0.15, 0.2) is 9.84 Å². The van der Waals surface area contributed by atoms with E-state index >= 15 is 0 Å². The number of fused-ring (bicyclic) bond motifs is 1. The fourth-order valence-electron chi connectivity index (χ4n) is 5.29. The van der Waals surface area contributed by atoms with Gasteiger partial charge in [-0.2, -0.15) is 26.3 Å². The molecular weight excluding hydrogens is 606 g/mol. The second kappa shape index (κ2) is 10.5. The standard InChI is InChI=1S/C28H28F6N2O6S/c1-42-25(10-11-25)13-22(37)36-14-17-12-20(43(40,41)15-16-2-3-16)8-9-21(17)23(36)24(38)35-19-6-4-18(5-7-19)26(39,27(29,30)31)28(32,33)34/h4-9,12,16,23,39H,2-3,10-11,13-15H2,1H3,(H,35,38). The molecule has 2 N–H and O–H groups in total. The number of amides is 2. The highest BCUT2D eigenvalue weighted by Crippen LogP contribution is 2.50. The van der Waals surface area contributed by atoms with E-state index in [1.807, 2.05) is 0 Å². The summed E-state index contributed by atoms with van der Waals surface area (Å²) in [7, 11) is -2.15. The molecule has 0 bridgehead atoms. The number of rotatable bonds is 9. The topological polar surface area (TPSA) is 113 Å². The minimum Gasteiger partial charge on any atom is -0.378 e. The number of hydrogen-bond donors (Lipinski definition) is 2. The zero-order chi connectivity index (χ0) is 31.6. The van der Waals surface area contributed by atoms with E-state index in [-0.39, 0.29) is 35.2 Å². The average Bonchev–Trinajstić information content (AvgIpc) is 3.85. The first-order chi connectivity index (χ1) is 19.9. The number of carbonyl (C=O) groups is 2. The molecule has 2 fully saturated rings. The monoisotopic (exact) mass is 634 g/mol. The van der Waals surface area contributed by atoms with Gasteiger partial charge in [-0.3, -0.25) is 9.59 Å². The van der Waals surface area contributed by atoms with E-state index in [9.17, 15) is 49.5 Å². The van der Waals surface area contributed by atoms with Crippen molar-refractivity contribution in [2.45, 2.75) is 73.1 Å². The third-order valence-electron chi connectivity index (χ3n) is 8.25. The highest BCUT2D eigenvalue weighted by atomic mass is 32.2. The van der Waals surface area contributed by atoms with Gasteiger partial charge in [-0.15, -0.1) is 0 Å². The Balaban J connectivity index is 1.43. The maximum Gasteiger partial charge on any atom is 0.430 e. The summed E-state index contributed by atoms with van der Waals surface area (Å²) in [6.07, 6.45) is -9.29. The van der Waals surface area contributed by atoms with Crippen LogP contribution in [-0.4, -0.2) is 61.1 Å². The summed E-state index contributed by atoms with van der Waals surface area (Å²) < 4.78 is 111. The van der Waals surface area contributed by atoms with Crippen LogP contribution in [0.5, 0.6) is 0 Å². The lowest BCUT2D eigenvalue weighted by atomic mass is 9.92. The van der Waals surface area contributed by atoms with Crippen molar-refractivity contribution in [1.82, 2.24) is 4.90 Å². The zero-order valence-corrected chi connectivity index (χ0v) is 23.6.